The van der Waals surface area contributed by atoms with Gasteiger partial charge in [-0.25, -0.2) is 4.98 Å². The standard InChI is InChI=1S/C21H30N6O/c1-21(2)6-5-15(24-21)11-18(28)26-7-9-27(10-8-26)19-16(14-3-4-14)12-22-20-17(19)13-23-25-20/h12-15,24H,3-11H2,1-2H3,(H,22,23,25). The van der Waals surface area contributed by atoms with Crippen LogP contribution in [0, 0.1) is 0 Å². The molecule has 2 N–H and O–H groups in total. The number of nitrogens with one attached hydrogen (secondary N) is 2. The Morgan fingerprint density at radius 2 is 1.96 bits per heavy atom. The van der Waals surface area contributed by atoms with Crippen molar-refractivity contribution in [3.8, 4) is 0 Å². The van der Waals surface area contributed by atoms with Crippen molar-refractivity contribution in [2.45, 2.75) is 63.5 Å². The number of aromatic nitrogens is 3. The van der Waals surface area contributed by atoms with Crippen LogP contribution in [0.5, 0.6) is 0 Å². The molecule has 3 aliphatic rings. The highest BCUT2D eigenvalue weighted by atomic mass is 16.2. The average Bonchev–Trinajstić information content (AvgIpc) is 3.31. The number of hydrogen-bond acceptors (Lipinski definition) is 5. The van der Waals surface area contributed by atoms with E-state index in [0.717, 1.165) is 50.1 Å². The number of amides is 1. The predicted octanol–water partition coefficient (Wildman–Crippen LogP) is 2.40. The Bertz CT molecular complexity index is 878. The highest BCUT2D eigenvalue weighted by Crippen LogP contribution is 2.46. The summed E-state index contributed by atoms with van der Waals surface area (Å²) in [4.78, 5) is 21.8. The summed E-state index contributed by atoms with van der Waals surface area (Å²) in [5, 5.41) is 11.9. The van der Waals surface area contributed by atoms with Gasteiger partial charge in [0.05, 0.1) is 17.3 Å². The Balaban J connectivity index is 1.26. The summed E-state index contributed by atoms with van der Waals surface area (Å²) in [5.74, 6) is 0.929. The zero-order chi connectivity index (χ0) is 19.3. The number of carbonyl (C=O) groups excluding carboxylic acids is 1. The molecular weight excluding hydrogens is 352 g/mol. The van der Waals surface area contributed by atoms with Crippen molar-refractivity contribution in [1.29, 1.82) is 0 Å². The van der Waals surface area contributed by atoms with Crippen molar-refractivity contribution >= 4 is 22.6 Å². The smallest absolute Gasteiger partial charge is 0.224 e. The van der Waals surface area contributed by atoms with E-state index in [1.165, 1.54) is 24.1 Å². The monoisotopic (exact) mass is 382 g/mol. The Morgan fingerprint density at radius 1 is 1.18 bits per heavy atom. The maximum atomic E-state index is 12.8. The van der Waals surface area contributed by atoms with Crippen LogP contribution in [0.4, 0.5) is 5.69 Å². The molecule has 2 aromatic heterocycles. The minimum absolute atomic E-state index is 0.167. The minimum Gasteiger partial charge on any atom is -0.367 e. The normalized spacial score (nSPS) is 24.9. The molecule has 1 atom stereocenters. The van der Waals surface area contributed by atoms with Gasteiger partial charge in [0, 0.05) is 50.4 Å². The van der Waals surface area contributed by atoms with Gasteiger partial charge in [-0.05, 0) is 51.0 Å². The van der Waals surface area contributed by atoms with E-state index in [1.54, 1.807) is 0 Å². The molecule has 0 bridgehead atoms. The summed E-state index contributed by atoms with van der Waals surface area (Å²) >= 11 is 0. The van der Waals surface area contributed by atoms with Crippen molar-refractivity contribution in [3.63, 3.8) is 0 Å². The molecule has 1 saturated carbocycles. The minimum atomic E-state index is 0.167. The van der Waals surface area contributed by atoms with Gasteiger partial charge in [0.2, 0.25) is 5.91 Å². The predicted molar refractivity (Wildman–Crippen MR) is 110 cm³/mol. The zero-order valence-corrected chi connectivity index (χ0v) is 16.9. The summed E-state index contributed by atoms with van der Waals surface area (Å²) in [6, 6.07) is 0.327. The lowest BCUT2D eigenvalue weighted by Gasteiger charge is -2.37. The molecule has 5 rings (SSSR count). The van der Waals surface area contributed by atoms with Crippen molar-refractivity contribution in [3.05, 3.63) is 18.0 Å². The van der Waals surface area contributed by atoms with Gasteiger partial charge in [0.15, 0.2) is 5.65 Å². The van der Waals surface area contributed by atoms with Gasteiger partial charge in [-0.15, -0.1) is 0 Å². The Labute approximate surface area is 165 Å². The van der Waals surface area contributed by atoms with E-state index in [1.807, 2.05) is 17.3 Å². The fraction of sp³-hybridized carbons (Fsp3) is 0.667. The van der Waals surface area contributed by atoms with Crippen LogP contribution in [0.1, 0.15) is 57.4 Å². The van der Waals surface area contributed by atoms with Crippen molar-refractivity contribution in [2.75, 3.05) is 31.1 Å². The first kappa shape index (κ1) is 17.9. The van der Waals surface area contributed by atoms with Crippen molar-refractivity contribution in [2.24, 2.45) is 0 Å². The second-order valence-corrected chi connectivity index (χ2v) is 9.30. The number of hydrogen-bond donors (Lipinski definition) is 2. The lowest BCUT2D eigenvalue weighted by molar-refractivity contribution is -0.132. The Hall–Kier alpha value is -2.15. The quantitative estimate of drug-likeness (QED) is 0.849. The summed E-state index contributed by atoms with van der Waals surface area (Å²) in [6.07, 6.45) is 9.29. The van der Waals surface area contributed by atoms with Crippen LogP contribution in [-0.4, -0.2) is 63.7 Å². The first-order valence-corrected chi connectivity index (χ1v) is 10.6. The summed E-state index contributed by atoms with van der Waals surface area (Å²) in [7, 11) is 0. The molecule has 1 amide bonds. The third kappa shape index (κ3) is 3.36. The summed E-state index contributed by atoms with van der Waals surface area (Å²) in [6.45, 7) is 7.78. The van der Waals surface area contributed by atoms with Crippen LogP contribution in [0.2, 0.25) is 0 Å². The van der Waals surface area contributed by atoms with E-state index >= 15 is 0 Å². The van der Waals surface area contributed by atoms with Gasteiger partial charge in [-0.2, -0.15) is 5.10 Å². The number of anilines is 1. The fourth-order valence-corrected chi connectivity index (χ4v) is 4.85. The van der Waals surface area contributed by atoms with Crippen LogP contribution < -0.4 is 10.2 Å². The number of fused-ring (bicyclic) bond motifs is 1. The van der Waals surface area contributed by atoms with Gasteiger partial charge in [0.25, 0.3) is 0 Å². The maximum Gasteiger partial charge on any atom is 0.224 e. The van der Waals surface area contributed by atoms with E-state index in [2.05, 4.69) is 39.2 Å². The molecule has 3 fully saturated rings. The third-order valence-corrected chi connectivity index (χ3v) is 6.58. The molecule has 0 radical (unpaired) electrons. The van der Waals surface area contributed by atoms with Crippen LogP contribution >= 0.6 is 0 Å². The first-order chi connectivity index (χ1) is 13.5. The number of pyridine rings is 1. The molecule has 28 heavy (non-hydrogen) atoms. The van der Waals surface area contributed by atoms with Gasteiger partial charge < -0.3 is 15.1 Å². The third-order valence-electron chi connectivity index (χ3n) is 6.58. The maximum absolute atomic E-state index is 12.8. The van der Waals surface area contributed by atoms with E-state index in [9.17, 15) is 4.79 Å². The molecule has 1 unspecified atom stereocenters. The number of piperazine rings is 1. The molecule has 2 saturated heterocycles. The highest BCUT2D eigenvalue weighted by Gasteiger charge is 2.34. The summed E-state index contributed by atoms with van der Waals surface area (Å²) < 4.78 is 0. The molecule has 1 aliphatic carbocycles. The Kier molecular flexibility index (Phi) is 4.30. The van der Waals surface area contributed by atoms with Gasteiger partial charge in [0.1, 0.15) is 0 Å². The van der Waals surface area contributed by atoms with Gasteiger partial charge in [-0.1, -0.05) is 0 Å². The molecule has 7 heteroatoms. The molecule has 150 valence electrons. The molecule has 2 aliphatic heterocycles. The number of carbonyl (C=O) groups is 1. The number of aromatic amines is 1. The number of H-pyrrole nitrogens is 1. The molecule has 0 aromatic carbocycles. The van der Waals surface area contributed by atoms with E-state index in [4.69, 9.17) is 0 Å². The molecular formula is C21H30N6O. The number of rotatable bonds is 4. The van der Waals surface area contributed by atoms with Gasteiger partial charge >= 0.3 is 0 Å². The molecule has 4 heterocycles. The first-order valence-electron chi connectivity index (χ1n) is 10.6. The van der Waals surface area contributed by atoms with Crippen LogP contribution in [0.15, 0.2) is 12.4 Å². The fourth-order valence-electron chi connectivity index (χ4n) is 4.85. The largest absolute Gasteiger partial charge is 0.367 e. The van der Waals surface area contributed by atoms with Crippen LogP contribution in [0.3, 0.4) is 0 Å². The SMILES string of the molecule is CC1(C)CCC(CC(=O)N2CCN(c3c(C4CC4)cnc4[nH]ncc34)CC2)N1. The second-order valence-electron chi connectivity index (χ2n) is 9.30. The summed E-state index contributed by atoms with van der Waals surface area (Å²) in [5.41, 5.74) is 3.66. The van der Waals surface area contributed by atoms with E-state index in [-0.39, 0.29) is 5.54 Å². The van der Waals surface area contributed by atoms with Crippen LogP contribution in [0.25, 0.3) is 11.0 Å². The topological polar surface area (TPSA) is 77.2 Å². The second kappa shape index (κ2) is 6.72. The lowest BCUT2D eigenvalue weighted by Crippen LogP contribution is -2.50. The average molecular weight is 383 g/mol. The van der Waals surface area contributed by atoms with Gasteiger partial charge in [-0.3, -0.25) is 9.89 Å². The highest BCUT2D eigenvalue weighted by molar-refractivity contribution is 5.91. The Morgan fingerprint density at radius 3 is 2.64 bits per heavy atom. The number of nitrogens with zero attached hydrogens (tertiary/aromatic N) is 4. The lowest BCUT2D eigenvalue weighted by atomic mass is 10.0. The van der Waals surface area contributed by atoms with Crippen molar-refractivity contribution in [1.82, 2.24) is 25.4 Å². The zero-order valence-electron chi connectivity index (χ0n) is 16.9. The molecule has 7 nitrogen and oxygen atoms in total. The molecule has 2 aromatic rings. The van der Waals surface area contributed by atoms with Crippen molar-refractivity contribution < 1.29 is 4.79 Å². The van der Waals surface area contributed by atoms with Crippen LogP contribution in [-0.2, 0) is 4.79 Å². The van der Waals surface area contributed by atoms with E-state index < -0.39 is 0 Å². The van der Waals surface area contributed by atoms with E-state index in [0.29, 0.717) is 24.3 Å². The molecule has 0 spiro atoms.